The van der Waals surface area contributed by atoms with Crippen LogP contribution in [0.4, 0.5) is 0 Å². The maximum Gasteiger partial charge on any atom is 0.283 e. The lowest BCUT2D eigenvalue weighted by molar-refractivity contribution is -0.128. The Bertz CT molecular complexity index is 1660. The van der Waals surface area contributed by atoms with Gasteiger partial charge in [0, 0.05) is 84.7 Å². The maximum atomic E-state index is 13.8. The molecule has 0 aliphatic carbocycles. The topological polar surface area (TPSA) is 119 Å². The molecule has 2 aromatic heterocycles. The Morgan fingerprint density at radius 1 is 1.20 bits per heavy atom. The minimum absolute atomic E-state index is 0.0730. The fraction of sp³-hybridized carbons (Fsp3) is 0.393. The first-order valence-corrected chi connectivity index (χ1v) is 16.3. The number of carbonyl (C=O) groups is 2. The van der Waals surface area contributed by atoms with Crippen molar-refractivity contribution in [1.82, 2.24) is 29.4 Å². The van der Waals surface area contributed by atoms with Crippen LogP contribution in [-0.2, 0) is 27.8 Å². The van der Waals surface area contributed by atoms with Gasteiger partial charge < -0.3 is 20.1 Å². The van der Waals surface area contributed by atoms with E-state index in [2.05, 4.69) is 22.2 Å². The Morgan fingerprint density at radius 2 is 2.05 bits per heavy atom. The zero-order valence-corrected chi connectivity index (χ0v) is 24.9. The molecule has 13 heteroatoms. The van der Waals surface area contributed by atoms with Gasteiger partial charge in [-0.15, -0.1) is 11.3 Å². The number of nitrogens with zero attached hydrogens (tertiary/aromatic N) is 4. The van der Waals surface area contributed by atoms with Gasteiger partial charge in [-0.1, -0.05) is 23.8 Å². The lowest BCUT2D eigenvalue weighted by Gasteiger charge is -2.40. The summed E-state index contributed by atoms with van der Waals surface area (Å²) >= 11 is 7.50. The molecule has 0 spiro atoms. The molecule has 1 fully saturated rings. The highest BCUT2D eigenvalue weighted by molar-refractivity contribution is 7.89. The number of amides is 2. The number of aromatic amines is 1. The van der Waals surface area contributed by atoms with Crippen LogP contribution in [0.3, 0.4) is 0 Å². The van der Waals surface area contributed by atoms with Crippen LogP contribution in [0.5, 0.6) is 0 Å². The van der Waals surface area contributed by atoms with Crippen molar-refractivity contribution in [2.45, 2.75) is 49.8 Å². The van der Waals surface area contributed by atoms with Crippen LogP contribution in [-0.4, -0.2) is 82.6 Å². The molecule has 2 unspecified atom stereocenters. The molecule has 0 bridgehead atoms. The Balaban J connectivity index is 1.24. The number of fused-ring (bicyclic) bond motifs is 2. The molecular formula is C28H31ClN6O4S2. The number of H-pyrrole nitrogens is 1. The third-order valence-electron chi connectivity index (χ3n) is 7.78. The molecule has 1 aromatic carbocycles. The van der Waals surface area contributed by atoms with Crippen molar-refractivity contribution in [3.05, 3.63) is 69.3 Å². The second-order valence-electron chi connectivity index (χ2n) is 10.6. The van der Waals surface area contributed by atoms with Crippen molar-refractivity contribution in [2.24, 2.45) is 0 Å². The van der Waals surface area contributed by atoms with Crippen molar-refractivity contribution in [2.75, 3.05) is 26.2 Å². The first kappa shape index (κ1) is 28.1. The summed E-state index contributed by atoms with van der Waals surface area (Å²) in [7, 11) is -3.89. The van der Waals surface area contributed by atoms with Crippen LogP contribution in [0.15, 0.2) is 53.7 Å². The first-order valence-electron chi connectivity index (χ1n) is 13.6. The van der Waals surface area contributed by atoms with E-state index < -0.39 is 16.1 Å². The van der Waals surface area contributed by atoms with Gasteiger partial charge in [-0.3, -0.25) is 9.59 Å². The van der Waals surface area contributed by atoms with Gasteiger partial charge in [0.2, 0.25) is 5.91 Å². The fourth-order valence-electron chi connectivity index (χ4n) is 5.52. The van der Waals surface area contributed by atoms with Gasteiger partial charge in [0.25, 0.3) is 15.9 Å². The predicted octanol–water partition coefficient (Wildman–Crippen LogP) is 3.52. The lowest BCUT2D eigenvalue weighted by atomic mass is 10.1. The summed E-state index contributed by atoms with van der Waals surface area (Å²) < 4.78 is 28.9. The fourth-order valence-corrected chi connectivity index (χ4v) is 8.18. The number of hydrogen-bond donors (Lipinski definition) is 2. The summed E-state index contributed by atoms with van der Waals surface area (Å²) in [5.74, 6) is -0.289. The van der Waals surface area contributed by atoms with Crippen LogP contribution in [0.1, 0.15) is 40.1 Å². The van der Waals surface area contributed by atoms with E-state index in [9.17, 15) is 18.0 Å². The van der Waals surface area contributed by atoms with Crippen molar-refractivity contribution in [3.8, 4) is 0 Å². The van der Waals surface area contributed by atoms with Gasteiger partial charge >= 0.3 is 0 Å². The first-order chi connectivity index (χ1) is 19.7. The monoisotopic (exact) mass is 614 g/mol. The van der Waals surface area contributed by atoms with E-state index >= 15 is 0 Å². The smallest absolute Gasteiger partial charge is 0.283 e. The number of rotatable bonds is 6. The van der Waals surface area contributed by atoms with Gasteiger partial charge in [0.15, 0.2) is 5.01 Å². The Morgan fingerprint density at radius 3 is 2.85 bits per heavy atom. The molecule has 41 heavy (non-hydrogen) atoms. The molecule has 5 heterocycles. The number of nitrogens with one attached hydrogen (secondary N) is 2. The number of halogens is 1. The molecule has 2 atom stereocenters. The van der Waals surface area contributed by atoms with Gasteiger partial charge in [-0.2, -0.15) is 4.31 Å². The average Bonchev–Trinajstić information content (AvgIpc) is 3.60. The summed E-state index contributed by atoms with van der Waals surface area (Å²) in [4.78, 5) is 38.8. The molecular weight excluding hydrogens is 584 g/mol. The SMILES string of the molecule is CC1Cc2nc(C(=O)N3CCN(S(=O)(=O)c4cc5cc(Cl)ccc5[nH]4)CC3CCC(=O)N3C=CC=CC3)sc2CN1. The van der Waals surface area contributed by atoms with Crippen molar-refractivity contribution in [3.63, 3.8) is 0 Å². The highest BCUT2D eigenvalue weighted by atomic mass is 35.5. The second kappa shape index (κ2) is 11.3. The van der Waals surface area contributed by atoms with E-state index in [0.29, 0.717) is 46.5 Å². The normalized spacial score (nSPS) is 21.4. The van der Waals surface area contributed by atoms with E-state index in [1.54, 1.807) is 46.3 Å². The zero-order valence-electron chi connectivity index (χ0n) is 22.5. The average molecular weight is 615 g/mol. The van der Waals surface area contributed by atoms with Gasteiger partial charge in [-0.25, -0.2) is 13.4 Å². The van der Waals surface area contributed by atoms with E-state index in [4.69, 9.17) is 11.6 Å². The summed E-state index contributed by atoms with van der Waals surface area (Å²) in [6.07, 6.45) is 8.60. The number of piperazine rings is 1. The summed E-state index contributed by atoms with van der Waals surface area (Å²) in [6.45, 7) is 3.68. The standard InChI is InChI=1S/C28H31ClN6O4S2/c1-18-13-23-24(16-30-18)40-27(32-23)28(37)35-12-11-34(17-21(35)6-8-26(36)33-9-3-2-4-10-33)41(38,39)25-15-19-14-20(29)5-7-22(19)31-25/h2-5,7,9,14-15,18,21,30-31H,6,8,10-13,16-17H2,1H3. The molecule has 2 N–H and O–H groups in total. The second-order valence-corrected chi connectivity index (χ2v) is 14.0. The molecule has 0 radical (unpaired) electrons. The number of thiazole rings is 1. The van der Waals surface area contributed by atoms with Gasteiger partial charge in [0.1, 0.15) is 5.03 Å². The van der Waals surface area contributed by atoms with Crippen molar-refractivity contribution < 1.29 is 18.0 Å². The van der Waals surface area contributed by atoms with Crippen molar-refractivity contribution >= 4 is 55.7 Å². The molecule has 0 saturated carbocycles. The number of allylic oxidation sites excluding steroid dienone is 2. The molecule has 3 aliphatic rings. The van der Waals surface area contributed by atoms with Crippen LogP contribution in [0.25, 0.3) is 10.9 Å². The molecule has 3 aromatic rings. The van der Waals surface area contributed by atoms with E-state index in [1.165, 1.54) is 15.6 Å². The van der Waals surface area contributed by atoms with E-state index in [-0.39, 0.29) is 42.9 Å². The number of benzene rings is 1. The Labute approximate surface area is 247 Å². The summed E-state index contributed by atoms with van der Waals surface area (Å²) in [5.41, 5.74) is 1.62. The van der Waals surface area contributed by atoms with E-state index in [0.717, 1.165) is 17.0 Å². The largest absolute Gasteiger partial charge is 0.345 e. The van der Waals surface area contributed by atoms with Crippen LogP contribution in [0.2, 0.25) is 5.02 Å². The molecule has 3 aliphatic heterocycles. The highest BCUT2D eigenvalue weighted by Crippen LogP contribution is 2.29. The number of sulfonamides is 1. The molecule has 6 rings (SSSR count). The third kappa shape index (κ3) is 5.71. The molecule has 1 saturated heterocycles. The number of aromatic nitrogens is 2. The zero-order chi connectivity index (χ0) is 28.7. The summed E-state index contributed by atoms with van der Waals surface area (Å²) in [5, 5.41) is 5.11. The summed E-state index contributed by atoms with van der Waals surface area (Å²) in [6, 6.07) is 6.55. The minimum atomic E-state index is -3.89. The quantitative estimate of drug-likeness (QED) is 0.439. The molecule has 2 amide bonds. The van der Waals surface area contributed by atoms with Crippen LogP contribution < -0.4 is 5.32 Å². The van der Waals surface area contributed by atoms with Gasteiger partial charge in [0.05, 0.1) is 5.69 Å². The Kier molecular flexibility index (Phi) is 7.77. The predicted molar refractivity (Wildman–Crippen MR) is 158 cm³/mol. The minimum Gasteiger partial charge on any atom is -0.345 e. The van der Waals surface area contributed by atoms with E-state index in [1.807, 2.05) is 12.2 Å². The highest BCUT2D eigenvalue weighted by Gasteiger charge is 2.38. The van der Waals surface area contributed by atoms with Crippen LogP contribution in [0, 0.1) is 0 Å². The number of carbonyl (C=O) groups excluding carboxylic acids is 2. The van der Waals surface area contributed by atoms with Crippen molar-refractivity contribution in [1.29, 1.82) is 0 Å². The Hall–Kier alpha value is -3.03. The molecule has 10 nitrogen and oxygen atoms in total. The lowest BCUT2D eigenvalue weighted by Crippen LogP contribution is -2.56. The third-order valence-corrected chi connectivity index (χ3v) is 10.9. The number of hydrogen-bond acceptors (Lipinski definition) is 7. The van der Waals surface area contributed by atoms with Crippen LogP contribution >= 0.6 is 22.9 Å². The molecule has 216 valence electrons. The maximum absolute atomic E-state index is 13.8. The van der Waals surface area contributed by atoms with Gasteiger partial charge in [-0.05, 0) is 43.7 Å².